The molecule has 2 rings (SSSR count). The molecule has 0 aliphatic heterocycles. The summed E-state index contributed by atoms with van der Waals surface area (Å²) in [4.78, 5) is 0. The van der Waals surface area contributed by atoms with Crippen LogP contribution in [0.3, 0.4) is 0 Å². The third kappa shape index (κ3) is 3.64. The second kappa shape index (κ2) is 7.09. The second-order valence-corrected chi connectivity index (χ2v) is 11.8. The van der Waals surface area contributed by atoms with Crippen molar-refractivity contribution in [2.24, 2.45) is 17.3 Å². The molecular weight excluding hydrogens is 335 g/mol. The van der Waals surface area contributed by atoms with Gasteiger partial charge < -0.3 is 9.63 Å². The van der Waals surface area contributed by atoms with E-state index in [1.165, 1.54) is 5.57 Å². The first kappa shape index (κ1) is 21.1. The maximum atomic E-state index is 13.5. The highest BCUT2D eigenvalue weighted by atomic mass is 31.2. The molecule has 0 heterocycles. The van der Waals surface area contributed by atoms with E-state index < -0.39 is 13.3 Å². The number of rotatable bonds is 5. The molecular formula is C19H37N2O3P. The molecule has 0 saturated heterocycles. The predicted molar refractivity (Wildman–Crippen MR) is 103 cm³/mol. The molecule has 5 nitrogen and oxygen atoms in total. The molecule has 0 amide bonds. The van der Waals surface area contributed by atoms with E-state index in [4.69, 9.17) is 4.52 Å². The summed E-state index contributed by atoms with van der Waals surface area (Å²) in [6.45, 7) is 8.22. The first-order valence-electron chi connectivity index (χ1n) is 9.37. The fraction of sp³-hybridized carbons (Fsp3) is 0.895. The molecule has 4 atom stereocenters. The summed E-state index contributed by atoms with van der Waals surface area (Å²) >= 11 is 0. The smallest absolute Gasteiger partial charge is 0.345 e. The lowest BCUT2D eigenvalue weighted by molar-refractivity contribution is -0.101. The summed E-state index contributed by atoms with van der Waals surface area (Å²) in [7, 11) is 4.16. The van der Waals surface area contributed by atoms with E-state index in [9.17, 15) is 9.67 Å². The van der Waals surface area contributed by atoms with Crippen LogP contribution in [-0.2, 0) is 9.09 Å². The fourth-order valence-corrected chi connectivity index (χ4v) is 6.78. The van der Waals surface area contributed by atoms with E-state index >= 15 is 0 Å². The van der Waals surface area contributed by atoms with Crippen LogP contribution in [0.4, 0.5) is 0 Å². The Morgan fingerprint density at radius 2 is 1.80 bits per heavy atom. The summed E-state index contributed by atoms with van der Waals surface area (Å²) in [6, 6.07) is 0. The van der Waals surface area contributed by atoms with Gasteiger partial charge in [0.2, 0.25) is 0 Å². The highest BCUT2D eigenvalue weighted by Crippen LogP contribution is 2.63. The van der Waals surface area contributed by atoms with Crippen molar-refractivity contribution < 1.29 is 14.2 Å². The Morgan fingerprint density at radius 1 is 1.24 bits per heavy atom. The van der Waals surface area contributed by atoms with E-state index in [1.807, 2.05) is 42.0 Å². The monoisotopic (exact) mass is 372 g/mol. The summed E-state index contributed by atoms with van der Waals surface area (Å²) in [5.41, 5.74) is 0.346. The molecule has 2 aliphatic carbocycles. The standard InChI is InChI=1S/C19H37N2O3P/c1-14-11-12-19(15(2)9-10-16(19)18(3,4)22)17(13-14)24-25(23,20(5)6)21(7)8/h11,15-17,22H,9-10,12-13H2,1-8H3/t15-,16-,17+,19-/m1/s1. The Balaban J connectivity index is 2.49. The SMILES string of the molecule is CC1=CC[C@]2([C@H](C)CC[C@@H]2C(C)(C)O)[C@@H](OP(=O)(N(C)C)N(C)C)C1. The van der Waals surface area contributed by atoms with Crippen molar-refractivity contribution in [1.29, 1.82) is 0 Å². The van der Waals surface area contributed by atoms with Crippen LogP contribution in [-0.4, -0.2) is 54.3 Å². The molecule has 0 aromatic carbocycles. The Kier molecular flexibility index (Phi) is 5.99. The minimum atomic E-state index is -3.08. The third-order valence-electron chi connectivity index (χ3n) is 6.49. The Labute approximate surface area is 154 Å². The zero-order valence-corrected chi connectivity index (χ0v) is 18.1. The van der Waals surface area contributed by atoms with Crippen LogP contribution in [0.15, 0.2) is 11.6 Å². The zero-order valence-electron chi connectivity index (χ0n) is 17.2. The van der Waals surface area contributed by atoms with Gasteiger partial charge in [0, 0.05) is 5.41 Å². The van der Waals surface area contributed by atoms with Gasteiger partial charge in [-0.25, -0.2) is 9.34 Å². The molecule has 1 fully saturated rings. The first-order valence-corrected chi connectivity index (χ1v) is 10.9. The zero-order chi connectivity index (χ0) is 19.2. The number of nitrogens with zero attached hydrogens (tertiary/aromatic N) is 2. The van der Waals surface area contributed by atoms with Crippen LogP contribution in [0.2, 0.25) is 0 Å². The highest BCUT2D eigenvalue weighted by molar-refractivity contribution is 7.53. The molecule has 0 aromatic heterocycles. The molecule has 1 spiro atoms. The second-order valence-electron chi connectivity index (χ2n) is 9.03. The number of hydrogen-bond donors (Lipinski definition) is 1. The van der Waals surface area contributed by atoms with E-state index in [2.05, 4.69) is 19.9 Å². The predicted octanol–water partition coefficient (Wildman–Crippen LogP) is 4.15. The lowest BCUT2D eigenvalue weighted by Gasteiger charge is -2.51. The van der Waals surface area contributed by atoms with Gasteiger partial charge in [-0.05, 0) is 86.5 Å². The van der Waals surface area contributed by atoms with E-state index in [-0.39, 0.29) is 17.4 Å². The first-order chi connectivity index (χ1) is 11.4. The summed E-state index contributed by atoms with van der Waals surface area (Å²) in [5, 5.41) is 10.9. The van der Waals surface area contributed by atoms with Gasteiger partial charge in [-0.2, -0.15) is 0 Å². The third-order valence-corrected chi connectivity index (χ3v) is 9.04. The van der Waals surface area contributed by atoms with Crippen molar-refractivity contribution in [3.8, 4) is 0 Å². The van der Waals surface area contributed by atoms with E-state index in [0.29, 0.717) is 5.92 Å². The normalized spacial score (nSPS) is 34.2. The van der Waals surface area contributed by atoms with E-state index in [1.54, 1.807) is 9.34 Å². The molecule has 1 N–H and O–H groups in total. The van der Waals surface area contributed by atoms with Crippen LogP contribution in [0.1, 0.15) is 53.4 Å². The minimum absolute atomic E-state index is 0.141. The quantitative estimate of drug-likeness (QED) is 0.580. The Bertz CT molecular complexity index is 556. The molecule has 0 radical (unpaired) electrons. The fourth-order valence-electron chi connectivity index (χ4n) is 5.09. The minimum Gasteiger partial charge on any atom is -0.390 e. The van der Waals surface area contributed by atoms with Gasteiger partial charge in [0.15, 0.2) is 0 Å². The van der Waals surface area contributed by atoms with Gasteiger partial charge in [0.1, 0.15) is 0 Å². The molecule has 0 aromatic rings. The van der Waals surface area contributed by atoms with Crippen molar-refractivity contribution in [1.82, 2.24) is 9.34 Å². The highest BCUT2D eigenvalue weighted by Gasteiger charge is 2.59. The van der Waals surface area contributed by atoms with Gasteiger partial charge in [0.25, 0.3) is 0 Å². The van der Waals surface area contributed by atoms with Crippen molar-refractivity contribution in [3.63, 3.8) is 0 Å². The molecule has 0 unspecified atom stereocenters. The largest absolute Gasteiger partial charge is 0.390 e. The van der Waals surface area contributed by atoms with Crippen LogP contribution < -0.4 is 0 Å². The topological polar surface area (TPSA) is 53.0 Å². The van der Waals surface area contributed by atoms with Crippen LogP contribution in [0.25, 0.3) is 0 Å². The van der Waals surface area contributed by atoms with Crippen molar-refractivity contribution >= 4 is 7.67 Å². The number of aliphatic hydroxyl groups is 1. The number of hydrogen-bond acceptors (Lipinski definition) is 3. The summed E-state index contributed by atoms with van der Waals surface area (Å²) in [6.07, 6.45) is 5.89. The van der Waals surface area contributed by atoms with Crippen LogP contribution >= 0.6 is 7.67 Å². The molecule has 6 heteroatoms. The lowest BCUT2D eigenvalue weighted by Crippen LogP contribution is -2.52. The Hall–Kier alpha value is -0.190. The van der Waals surface area contributed by atoms with Gasteiger partial charge in [-0.15, -0.1) is 0 Å². The molecule has 1 saturated carbocycles. The molecule has 25 heavy (non-hydrogen) atoms. The maximum absolute atomic E-state index is 13.5. The van der Waals surface area contributed by atoms with Gasteiger partial charge in [-0.3, -0.25) is 4.57 Å². The average molecular weight is 372 g/mol. The average Bonchev–Trinajstić information content (AvgIpc) is 2.80. The van der Waals surface area contributed by atoms with E-state index in [0.717, 1.165) is 25.7 Å². The summed E-state index contributed by atoms with van der Waals surface area (Å²) < 4.78 is 23.4. The van der Waals surface area contributed by atoms with Gasteiger partial charge >= 0.3 is 7.67 Å². The molecule has 2 aliphatic rings. The van der Waals surface area contributed by atoms with Crippen LogP contribution in [0, 0.1) is 17.3 Å². The van der Waals surface area contributed by atoms with Crippen LogP contribution in [0.5, 0.6) is 0 Å². The molecule has 0 bridgehead atoms. The van der Waals surface area contributed by atoms with Gasteiger partial charge in [-0.1, -0.05) is 18.6 Å². The Morgan fingerprint density at radius 3 is 2.28 bits per heavy atom. The molecule has 146 valence electrons. The summed E-state index contributed by atoms with van der Waals surface area (Å²) in [5.74, 6) is 0.568. The number of allylic oxidation sites excluding steroid dienone is 1. The van der Waals surface area contributed by atoms with Crippen molar-refractivity contribution in [2.45, 2.75) is 65.1 Å². The lowest BCUT2D eigenvalue weighted by atomic mass is 9.59. The van der Waals surface area contributed by atoms with Crippen molar-refractivity contribution in [3.05, 3.63) is 11.6 Å². The van der Waals surface area contributed by atoms with Crippen molar-refractivity contribution in [2.75, 3.05) is 28.2 Å². The van der Waals surface area contributed by atoms with Gasteiger partial charge in [0.05, 0.1) is 11.7 Å². The maximum Gasteiger partial charge on any atom is 0.345 e.